The Morgan fingerprint density at radius 3 is 2.11 bits per heavy atom. The van der Waals surface area contributed by atoms with Crippen LogP contribution >= 0.6 is 0 Å². The summed E-state index contributed by atoms with van der Waals surface area (Å²) in [4.78, 5) is 34.5. The molecular weight excluding hydrogens is 419 g/mol. The third kappa shape index (κ3) is 6.34. The van der Waals surface area contributed by atoms with Crippen LogP contribution in [0.25, 0.3) is 0 Å². The van der Waals surface area contributed by atoms with Gasteiger partial charge in [-0.25, -0.2) is 0 Å². The van der Waals surface area contributed by atoms with E-state index in [1.807, 2.05) is 37.3 Å². The summed E-state index contributed by atoms with van der Waals surface area (Å²) in [7, 11) is 0. The summed E-state index contributed by atoms with van der Waals surface area (Å²) in [6.45, 7) is 5.70. The van der Waals surface area contributed by atoms with Crippen molar-refractivity contribution < 1.29 is 33.3 Å². The van der Waals surface area contributed by atoms with E-state index in [-0.39, 0.29) is 32.5 Å². The molecule has 0 aliphatic carbocycles. The molecule has 1 aromatic rings. The van der Waals surface area contributed by atoms with E-state index in [1.54, 1.807) is 0 Å². The molecule has 148 valence electrons. The van der Waals surface area contributed by atoms with Gasteiger partial charge in [-0.1, -0.05) is 0 Å². The zero-order valence-electron chi connectivity index (χ0n) is 15.7. The van der Waals surface area contributed by atoms with Crippen LogP contribution in [0, 0.1) is 5.92 Å². The third-order valence-electron chi connectivity index (χ3n) is 4.00. The van der Waals surface area contributed by atoms with Gasteiger partial charge in [0.05, 0.1) is 0 Å². The fourth-order valence-corrected chi connectivity index (χ4v) is 5.26. The van der Waals surface area contributed by atoms with E-state index in [2.05, 4.69) is 0 Å². The number of carbonyl (C=O) groups excluding carboxylic acids is 3. The number of benzene rings is 1. The van der Waals surface area contributed by atoms with Gasteiger partial charge in [0.15, 0.2) is 0 Å². The molecule has 7 nitrogen and oxygen atoms in total. The SMILES string of the molecule is CC(=O)OCC1OC([Se]c2ccccc2)C(C)C(OC(C)=O)C1OC(C)=O. The van der Waals surface area contributed by atoms with E-state index in [9.17, 15) is 14.4 Å². The minimum absolute atomic E-state index is 0.0747. The van der Waals surface area contributed by atoms with Crippen molar-refractivity contribution >= 4 is 37.3 Å². The van der Waals surface area contributed by atoms with Crippen LogP contribution in [0.1, 0.15) is 27.7 Å². The Morgan fingerprint density at radius 2 is 1.56 bits per heavy atom. The molecule has 1 aliphatic heterocycles. The summed E-state index contributed by atoms with van der Waals surface area (Å²) in [5.41, 5.74) is 0. The monoisotopic (exact) mass is 444 g/mol. The van der Waals surface area contributed by atoms with Gasteiger partial charge in [-0.2, -0.15) is 0 Å². The van der Waals surface area contributed by atoms with Crippen LogP contribution in [0.4, 0.5) is 0 Å². The zero-order valence-corrected chi connectivity index (χ0v) is 17.5. The van der Waals surface area contributed by atoms with Crippen molar-refractivity contribution in [3.05, 3.63) is 30.3 Å². The van der Waals surface area contributed by atoms with Crippen molar-refractivity contribution in [2.45, 2.75) is 51.0 Å². The Balaban J connectivity index is 2.27. The maximum absolute atomic E-state index is 11.6. The fraction of sp³-hybridized carbons (Fsp3) is 0.526. The second kappa shape index (κ2) is 9.87. The Labute approximate surface area is 164 Å². The predicted molar refractivity (Wildman–Crippen MR) is 97.4 cm³/mol. The molecular formula is C19H24O7Se. The first kappa shape index (κ1) is 21.4. The first-order valence-electron chi connectivity index (χ1n) is 8.63. The van der Waals surface area contributed by atoms with Crippen molar-refractivity contribution in [3.8, 4) is 0 Å². The molecule has 1 fully saturated rings. The number of ether oxygens (including phenoxy) is 4. The molecule has 0 amide bonds. The van der Waals surface area contributed by atoms with Crippen molar-refractivity contribution in [2.75, 3.05) is 6.61 Å². The quantitative estimate of drug-likeness (QED) is 0.365. The maximum atomic E-state index is 11.6. The summed E-state index contributed by atoms with van der Waals surface area (Å²) >= 11 is -0.0747. The van der Waals surface area contributed by atoms with Gasteiger partial charge in [0.25, 0.3) is 0 Å². The van der Waals surface area contributed by atoms with Gasteiger partial charge in [-0.15, -0.1) is 0 Å². The van der Waals surface area contributed by atoms with E-state index in [0.29, 0.717) is 0 Å². The molecule has 1 heterocycles. The molecule has 1 saturated heterocycles. The molecule has 1 aromatic carbocycles. The molecule has 0 N–H and O–H groups in total. The molecule has 2 rings (SSSR count). The second-order valence-electron chi connectivity index (χ2n) is 6.28. The molecule has 5 atom stereocenters. The number of hydrogen-bond donors (Lipinski definition) is 0. The molecule has 0 aromatic heterocycles. The van der Waals surface area contributed by atoms with Crippen molar-refractivity contribution in [3.63, 3.8) is 0 Å². The van der Waals surface area contributed by atoms with Crippen LogP contribution in [0.15, 0.2) is 30.3 Å². The fourth-order valence-electron chi connectivity index (χ4n) is 2.84. The van der Waals surface area contributed by atoms with E-state index in [0.717, 1.165) is 4.46 Å². The first-order chi connectivity index (χ1) is 12.8. The Hall–Kier alpha value is -1.89. The normalized spacial score (nSPS) is 27.5. The van der Waals surface area contributed by atoms with Crippen molar-refractivity contribution in [1.82, 2.24) is 0 Å². The summed E-state index contributed by atoms with van der Waals surface area (Å²) in [5.74, 6) is -1.66. The van der Waals surface area contributed by atoms with Crippen LogP contribution in [-0.4, -0.2) is 62.8 Å². The Kier molecular flexibility index (Phi) is 7.83. The van der Waals surface area contributed by atoms with Crippen molar-refractivity contribution in [2.24, 2.45) is 5.92 Å². The number of esters is 3. The van der Waals surface area contributed by atoms with Crippen LogP contribution in [0.2, 0.25) is 0 Å². The van der Waals surface area contributed by atoms with E-state index < -0.39 is 36.2 Å². The topological polar surface area (TPSA) is 88.1 Å². The van der Waals surface area contributed by atoms with Crippen LogP contribution < -0.4 is 4.46 Å². The Bertz CT molecular complexity index is 663. The van der Waals surface area contributed by atoms with Gasteiger partial charge in [0, 0.05) is 0 Å². The number of rotatable bonds is 6. The zero-order chi connectivity index (χ0) is 20.0. The third-order valence-corrected chi connectivity index (χ3v) is 6.76. The van der Waals surface area contributed by atoms with E-state index in [4.69, 9.17) is 18.9 Å². The second-order valence-corrected chi connectivity index (χ2v) is 8.74. The van der Waals surface area contributed by atoms with E-state index in [1.165, 1.54) is 20.8 Å². The van der Waals surface area contributed by atoms with Gasteiger partial charge in [0.1, 0.15) is 0 Å². The van der Waals surface area contributed by atoms with Crippen LogP contribution in [0.5, 0.6) is 0 Å². The summed E-state index contributed by atoms with van der Waals surface area (Å²) in [6, 6.07) is 9.86. The number of carbonyl (C=O) groups is 3. The standard InChI is InChI=1S/C19H24O7Se/c1-11-17(24-13(3)21)18(25-14(4)22)16(10-23-12(2)20)26-19(11)27-15-8-6-5-7-9-15/h5-9,11,16-19H,10H2,1-4H3. The first-order valence-corrected chi connectivity index (χ1v) is 10.5. The minimum atomic E-state index is -0.844. The van der Waals surface area contributed by atoms with Gasteiger partial charge < -0.3 is 0 Å². The van der Waals surface area contributed by atoms with Gasteiger partial charge in [0.2, 0.25) is 0 Å². The van der Waals surface area contributed by atoms with Gasteiger partial charge in [-0.05, 0) is 0 Å². The van der Waals surface area contributed by atoms with Crippen LogP contribution in [-0.2, 0) is 33.3 Å². The molecule has 27 heavy (non-hydrogen) atoms. The molecule has 0 saturated carbocycles. The van der Waals surface area contributed by atoms with Gasteiger partial charge in [-0.3, -0.25) is 0 Å². The molecule has 0 bridgehead atoms. The molecule has 0 radical (unpaired) electrons. The summed E-state index contributed by atoms with van der Waals surface area (Å²) in [6.07, 6.45) is -2.24. The molecule has 0 spiro atoms. The summed E-state index contributed by atoms with van der Waals surface area (Å²) < 4.78 is 23.3. The summed E-state index contributed by atoms with van der Waals surface area (Å²) in [5, 5.41) is -0.239. The average Bonchev–Trinajstić information content (AvgIpc) is 2.59. The predicted octanol–water partition coefficient (Wildman–Crippen LogP) is 0.804. The Morgan fingerprint density at radius 1 is 0.963 bits per heavy atom. The van der Waals surface area contributed by atoms with E-state index >= 15 is 0 Å². The molecule has 1 aliphatic rings. The molecule has 5 unspecified atom stereocenters. The van der Waals surface area contributed by atoms with Crippen LogP contribution in [0.3, 0.4) is 0 Å². The average molecular weight is 443 g/mol. The number of hydrogen-bond acceptors (Lipinski definition) is 7. The van der Waals surface area contributed by atoms with Gasteiger partial charge >= 0.3 is 165 Å². The molecule has 8 heteroatoms. The van der Waals surface area contributed by atoms with Crippen molar-refractivity contribution in [1.29, 1.82) is 0 Å².